The van der Waals surface area contributed by atoms with Crippen molar-refractivity contribution in [1.29, 1.82) is 0 Å². The number of benzene rings is 4. The summed E-state index contributed by atoms with van der Waals surface area (Å²) in [7, 11) is 0. The molecule has 5 aromatic rings. The Balaban J connectivity index is 1.35. The Hall–Kier alpha value is -5.17. The number of para-hydroxylation sites is 1. The van der Waals surface area contributed by atoms with Crippen LogP contribution < -0.4 is 10.7 Å². The largest absolute Gasteiger partial charge is 0.322 e. The van der Waals surface area contributed by atoms with Gasteiger partial charge in [-0.3, -0.25) is 9.59 Å². The quantitative estimate of drug-likeness (QED) is 0.182. The average molecular weight is 531 g/mol. The van der Waals surface area contributed by atoms with Crippen molar-refractivity contribution in [2.45, 2.75) is 20.8 Å². The monoisotopic (exact) mass is 530 g/mol. The van der Waals surface area contributed by atoms with Gasteiger partial charge in [-0.25, -0.2) is 14.8 Å². The molecule has 0 saturated carbocycles. The summed E-state index contributed by atoms with van der Waals surface area (Å²) in [4.78, 5) is 30.6. The predicted octanol–water partition coefficient (Wildman–Crippen LogP) is 7.06. The van der Waals surface area contributed by atoms with Gasteiger partial charge in [-0.2, -0.15) is 5.10 Å². The van der Waals surface area contributed by atoms with Crippen LogP contribution in [0.4, 0.5) is 10.1 Å². The van der Waals surface area contributed by atoms with Gasteiger partial charge in [-0.1, -0.05) is 54.1 Å². The molecule has 5 rings (SSSR count). The van der Waals surface area contributed by atoms with Crippen LogP contribution in [0.5, 0.6) is 0 Å². The number of fused-ring (bicyclic) bond motifs is 1. The molecule has 0 aliphatic heterocycles. The van der Waals surface area contributed by atoms with Crippen molar-refractivity contribution in [2.24, 2.45) is 5.10 Å². The summed E-state index contributed by atoms with van der Waals surface area (Å²) >= 11 is 0. The van der Waals surface area contributed by atoms with E-state index in [1.807, 2.05) is 44.2 Å². The number of carbonyl (C=O) groups excluding carboxylic acids is 2. The number of hydrogen-bond donors (Lipinski definition) is 2. The first-order chi connectivity index (χ1) is 19.3. The first-order valence-corrected chi connectivity index (χ1v) is 12.8. The summed E-state index contributed by atoms with van der Waals surface area (Å²) in [6.45, 7) is 5.84. The molecule has 0 fully saturated rings. The van der Waals surface area contributed by atoms with Gasteiger partial charge in [0.25, 0.3) is 11.8 Å². The third kappa shape index (κ3) is 5.78. The fourth-order valence-corrected chi connectivity index (χ4v) is 4.40. The zero-order valence-electron chi connectivity index (χ0n) is 22.3. The number of hydrogen-bond acceptors (Lipinski definition) is 4. The van der Waals surface area contributed by atoms with Crippen LogP contribution in [-0.2, 0) is 0 Å². The zero-order chi connectivity index (χ0) is 28.2. The topological polar surface area (TPSA) is 83.4 Å². The van der Waals surface area contributed by atoms with Crippen LogP contribution in [-0.4, -0.2) is 22.5 Å². The van der Waals surface area contributed by atoms with Crippen molar-refractivity contribution in [1.82, 2.24) is 10.4 Å². The van der Waals surface area contributed by atoms with Crippen molar-refractivity contribution in [3.8, 4) is 11.3 Å². The van der Waals surface area contributed by atoms with E-state index in [2.05, 4.69) is 28.0 Å². The molecule has 0 saturated heterocycles. The van der Waals surface area contributed by atoms with Gasteiger partial charge in [-0.15, -0.1) is 0 Å². The number of nitrogens with zero attached hydrogens (tertiary/aromatic N) is 2. The number of anilines is 1. The molecular formula is C33H27FN4O2. The first-order valence-electron chi connectivity index (χ1n) is 12.8. The second-order valence-corrected chi connectivity index (χ2v) is 9.57. The Morgan fingerprint density at radius 1 is 0.800 bits per heavy atom. The highest BCUT2D eigenvalue weighted by Crippen LogP contribution is 2.28. The van der Waals surface area contributed by atoms with Gasteiger partial charge >= 0.3 is 0 Å². The molecule has 2 N–H and O–H groups in total. The van der Waals surface area contributed by atoms with Crippen molar-refractivity contribution in [3.05, 3.63) is 131 Å². The van der Waals surface area contributed by atoms with E-state index in [1.165, 1.54) is 18.2 Å². The number of carbonyl (C=O) groups is 2. The lowest BCUT2D eigenvalue weighted by Gasteiger charge is -2.12. The number of hydrazone groups is 1. The smallest absolute Gasteiger partial charge is 0.272 e. The Morgan fingerprint density at radius 3 is 2.35 bits per heavy atom. The molecule has 4 aromatic carbocycles. The highest BCUT2D eigenvalue weighted by atomic mass is 19.1. The average Bonchev–Trinajstić information content (AvgIpc) is 2.96. The number of halogens is 1. The van der Waals surface area contributed by atoms with Crippen molar-refractivity contribution < 1.29 is 14.0 Å². The molecule has 0 unspecified atom stereocenters. The van der Waals surface area contributed by atoms with Gasteiger partial charge in [0.2, 0.25) is 0 Å². The lowest BCUT2D eigenvalue weighted by Crippen LogP contribution is -2.20. The molecule has 7 heteroatoms. The van der Waals surface area contributed by atoms with E-state index in [9.17, 15) is 14.0 Å². The molecule has 0 spiro atoms. The molecule has 0 atom stereocenters. The summed E-state index contributed by atoms with van der Waals surface area (Å²) in [5.41, 5.74) is 9.91. The summed E-state index contributed by atoms with van der Waals surface area (Å²) in [6, 6.07) is 28.0. The van der Waals surface area contributed by atoms with Gasteiger partial charge in [0.05, 0.1) is 22.5 Å². The van der Waals surface area contributed by atoms with Crippen LogP contribution >= 0.6 is 0 Å². The fourth-order valence-electron chi connectivity index (χ4n) is 4.40. The molecule has 0 bridgehead atoms. The maximum absolute atomic E-state index is 13.4. The Kier molecular flexibility index (Phi) is 7.46. The van der Waals surface area contributed by atoms with E-state index in [0.29, 0.717) is 17.0 Å². The third-order valence-electron chi connectivity index (χ3n) is 6.60. The summed E-state index contributed by atoms with van der Waals surface area (Å²) in [5, 5.41) is 7.81. The molecule has 0 aliphatic rings. The highest BCUT2D eigenvalue weighted by Gasteiger charge is 2.15. The van der Waals surface area contributed by atoms with Gasteiger partial charge in [0, 0.05) is 22.2 Å². The lowest BCUT2D eigenvalue weighted by atomic mass is 9.99. The second kappa shape index (κ2) is 11.3. The Bertz CT molecular complexity index is 1780. The number of rotatable bonds is 6. The fraction of sp³-hybridized carbons (Fsp3) is 0.0909. The molecule has 0 aliphatic carbocycles. The SMILES string of the molecule is C/C(=N\NC(=O)c1cc(-c2cc(C)ccc2C)nc2ccccc12)c1ccc(NC(=O)c2cccc(F)c2)cc1. The van der Waals surface area contributed by atoms with E-state index >= 15 is 0 Å². The number of amides is 2. The van der Waals surface area contributed by atoms with Crippen LogP contribution in [0.1, 0.15) is 44.3 Å². The standard InChI is InChI=1S/C33H27FN4O2/c1-20-11-12-21(2)28(17-20)31-19-29(27-9-4-5-10-30(27)36-31)33(40)38-37-22(3)23-13-15-26(16-14-23)35-32(39)24-7-6-8-25(34)18-24/h4-19H,1-3H3,(H,35,39)(H,38,40)/b37-22+. The first kappa shape index (κ1) is 26.4. The molecule has 1 aromatic heterocycles. The predicted molar refractivity (Wildman–Crippen MR) is 157 cm³/mol. The molecular weight excluding hydrogens is 503 g/mol. The summed E-state index contributed by atoms with van der Waals surface area (Å²) in [6.07, 6.45) is 0. The third-order valence-corrected chi connectivity index (χ3v) is 6.60. The van der Waals surface area contributed by atoms with Crippen LogP contribution in [0, 0.1) is 19.7 Å². The maximum atomic E-state index is 13.4. The molecule has 6 nitrogen and oxygen atoms in total. The number of aromatic nitrogens is 1. The van der Waals surface area contributed by atoms with Crippen LogP contribution in [0.15, 0.2) is 102 Å². The molecule has 40 heavy (non-hydrogen) atoms. The van der Waals surface area contributed by atoms with E-state index in [0.717, 1.165) is 38.9 Å². The van der Waals surface area contributed by atoms with Gasteiger partial charge in [0.1, 0.15) is 5.82 Å². The van der Waals surface area contributed by atoms with E-state index in [1.54, 1.807) is 43.3 Å². The molecule has 2 amide bonds. The minimum absolute atomic E-state index is 0.230. The molecule has 0 radical (unpaired) electrons. The van der Waals surface area contributed by atoms with Gasteiger partial charge in [0.15, 0.2) is 0 Å². The minimum Gasteiger partial charge on any atom is -0.322 e. The number of nitrogens with one attached hydrogen (secondary N) is 2. The number of aryl methyl sites for hydroxylation is 2. The minimum atomic E-state index is -0.474. The van der Waals surface area contributed by atoms with E-state index in [4.69, 9.17) is 4.98 Å². The van der Waals surface area contributed by atoms with Gasteiger partial charge < -0.3 is 5.32 Å². The normalized spacial score (nSPS) is 11.3. The lowest BCUT2D eigenvalue weighted by molar-refractivity contribution is 0.0955. The Morgan fingerprint density at radius 2 is 1.57 bits per heavy atom. The second-order valence-electron chi connectivity index (χ2n) is 9.57. The van der Waals surface area contributed by atoms with E-state index < -0.39 is 11.7 Å². The van der Waals surface area contributed by atoms with Crippen LogP contribution in [0.3, 0.4) is 0 Å². The Labute approximate surface area is 231 Å². The van der Waals surface area contributed by atoms with E-state index in [-0.39, 0.29) is 11.5 Å². The van der Waals surface area contributed by atoms with Crippen molar-refractivity contribution >= 4 is 34.1 Å². The highest BCUT2D eigenvalue weighted by molar-refractivity contribution is 6.08. The summed E-state index contributed by atoms with van der Waals surface area (Å²) < 4.78 is 13.4. The number of pyridine rings is 1. The van der Waals surface area contributed by atoms with Crippen LogP contribution in [0.2, 0.25) is 0 Å². The van der Waals surface area contributed by atoms with Crippen molar-refractivity contribution in [3.63, 3.8) is 0 Å². The van der Waals surface area contributed by atoms with Gasteiger partial charge in [-0.05, 0) is 80.4 Å². The molecule has 198 valence electrons. The molecule has 1 heterocycles. The van der Waals surface area contributed by atoms with Crippen molar-refractivity contribution in [2.75, 3.05) is 5.32 Å². The summed E-state index contributed by atoms with van der Waals surface area (Å²) in [5.74, 6) is -1.23. The zero-order valence-corrected chi connectivity index (χ0v) is 22.3. The van der Waals surface area contributed by atoms with Crippen LogP contribution in [0.25, 0.3) is 22.2 Å². The maximum Gasteiger partial charge on any atom is 0.272 e.